The normalized spacial score (nSPS) is 31.5. The Morgan fingerprint density at radius 1 is 0.909 bits per heavy atom. The van der Waals surface area contributed by atoms with Crippen LogP contribution in [0, 0.1) is 23.7 Å². The smallest absolute Gasteiger partial charge is 0.0231 e. The maximum atomic E-state index is 3.41. The highest BCUT2D eigenvalue weighted by molar-refractivity contribution is 5.09. The Kier molecular flexibility index (Phi) is 2.17. The molecule has 11 heavy (non-hydrogen) atoms. The molecule has 0 aromatic carbocycles. The third kappa shape index (κ3) is 1.59. The Morgan fingerprint density at radius 2 is 1.73 bits per heavy atom. The Morgan fingerprint density at radius 3 is 2.36 bits per heavy atom. The van der Waals surface area contributed by atoms with Gasteiger partial charge in [-0.25, -0.2) is 0 Å². The van der Waals surface area contributed by atoms with Crippen LogP contribution in [0.3, 0.4) is 0 Å². The predicted octanol–water partition coefficient (Wildman–Crippen LogP) is 2.98. The minimum Gasteiger partial charge on any atom is -0.103 e. The first-order valence-electron chi connectivity index (χ1n) is 4.95. The fraction of sp³-hybridized carbons (Fsp3) is 0.818. The summed E-state index contributed by atoms with van der Waals surface area (Å²) in [6, 6.07) is 0. The molecule has 1 atom stereocenters. The Hall–Kier alpha value is -0.440. The van der Waals surface area contributed by atoms with Crippen molar-refractivity contribution in [1.29, 1.82) is 0 Å². The van der Waals surface area contributed by atoms with Crippen LogP contribution in [-0.2, 0) is 0 Å². The first kappa shape index (κ1) is 7.22. The van der Waals surface area contributed by atoms with E-state index in [-0.39, 0.29) is 0 Å². The lowest BCUT2D eigenvalue weighted by Gasteiger charge is -2.19. The van der Waals surface area contributed by atoms with E-state index in [4.69, 9.17) is 0 Å². The van der Waals surface area contributed by atoms with Crippen LogP contribution >= 0.6 is 0 Å². The van der Waals surface area contributed by atoms with Crippen molar-refractivity contribution in [1.82, 2.24) is 0 Å². The molecule has 0 saturated heterocycles. The molecule has 60 valence electrons. The highest BCUT2D eigenvalue weighted by Gasteiger charge is 2.23. The Balaban J connectivity index is 1.95. The largest absolute Gasteiger partial charge is 0.103 e. The van der Waals surface area contributed by atoms with Gasteiger partial charge in [0.15, 0.2) is 0 Å². The van der Waals surface area contributed by atoms with E-state index in [0.29, 0.717) is 0 Å². The standard InChI is InChI=1S/C11H16/c1-2-6-10(7-3-1)11-8-4-5-9-11/h10-11H,1-2,4-6,8-9H2. The van der Waals surface area contributed by atoms with E-state index in [1.807, 2.05) is 0 Å². The van der Waals surface area contributed by atoms with Crippen LogP contribution in [0.4, 0.5) is 0 Å². The van der Waals surface area contributed by atoms with E-state index >= 15 is 0 Å². The molecule has 0 aromatic heterocycles. The second kappa shape index (κ2) is 3.30. The summed E-state index contributed by atoms with van der Waals surface area (Å²) in [4.78, 5) is 0. The maximum absolute atomic E-state index is 3.41. The van der Waals surface area contributed by atoms with Crippen molar-refractivity contribution in [3.8, 4) is 11.8 Å². The first-order valence-corrected chi connectivity index (χ1v) is 4.95. The molecular formula is C11H16. The zero-order valence-electron chi connectivity index (χ0n) is 7.10. The van der Waals surface area contributed by atoms with Gasteiger partial charge < -0.3 is 0 Å². The van der Waals surface area contributed by atoms with Gasteiger partial charge in [-0.05, 0) is 31.6 Å². The van der Waals surface area contributed by atoms with Crippen LogP contribution in [0.5, 0.6) is 0 Å². The summed E-state index contributed by atoms with van der Waals surface area (Å²) in [5.41, 5.74) is 0. The minimum atomic E-state index is 0.784. The minimum absolute atomic E-state index is 0.784. The Bertz CT molecular complexity index is 176. The van der Waals surface area contributed by atoms with Gasteiger partial charge >= 0.3 is 0 Å². The summed E-state index contributed by atoms with van der Waals surface area (Å²) in [6.07, 6.45) is 9.74. The van der Waals surface area contributed by atoms with E-state index in [1.165, 1.54) is 38.5 Å². The molecule has 0 aromatic rings. The van der Waals surface area contributed by atoms with E-state index in [1.54, 1.807) is 0 Å². The van der Waals surface area contributed by atoms with Crippen molar-refractivity contribution >= 4 is 0 Å². The third-order valence-electron chi connectivity index (χ3n) is 3.07. The highest BCUT2D eigenvalue weighted by Crippen LogP contribution is 2.34. The van der Waals surface area contributed by atoms with E-state index in [2.05, 4.69) is 11.8 Å². The molecule has 0 N–H and O–H groups in total. The van der Waals surface area contributed by atoms with Crippen molar-refractivity contribution in [2.45, 2.75) is 44.9 Å². The van der Waals surface area contributed by atoms with Gasteiger partial charge in [0.1, 0.15) is 0 Å². The zero-order chi connectivity index (χ0) is 7.52. The van der Waals surface area contributed by atoms with E-state index in [0.717, 1.165) is 18.3 Å². The van der Waals surface area contributed by atoms with Gasteiger partial charge in [-0.3, -0.25) is 0 Å². The molecule has 0 heterocycles. The van der Waals surface area contributed by atoms with Gasteiger partial charge in [0, 0.05) is 12.3 Å². The molecule has 2 aliphatic carbocycles. The van der Waals surface area contributed by atoms with Gasteiger partial charge in [0.25, 0.3) is 0 Å². The molecule has 1 unspecified atom stereocenters. The lowest BCUT2D eigenvalue weighted by Crippen LogP contribution is -2.11. The van der Waals surface area contributed by atoms with Crippen molar-refractivity contribution in [2.24, 2.45) is 11.8 Å². The molecule has 0 amide bonds. The van der Waals surface area contributed by atoms with Crippen molar-refractivity contribution in [2.75, 3.05) is 0 Å². The molecule has 0 heteroatoms. The Labute approximate surface area is 69.4 Å². The van der Waals surface area contributed by atoms with Crippen LogP contribution in [0.2, 0.25) is 0 Å². The van der Waals surface area contributed by atoms with Crippen molar-refractivity contribution < 1.29 is 0 Å². The zero-order valence-corrected chi connectivity index (χ0v) is 7.10. The molecule has 1 fully saturated rings. The van der Waals surface area contributed by atoms with Crippen molar-refractivity contribution in [3.05, 3.63) is 0 Å². The van der Waals surface area contributed by atoms with E-state index < -0.39 is 0 Å². The number of hydrogen-bond acceptors (Lipinski definition) is 0. The fourth-order valence-corrected chi connectivity index (χ4v) is 2.40. The van der Waals surface area contributed by atoms with Gasteiger partial charge in [-0.1, -0.05) is 18.8 Å². The number of hydrogen-bond donors (Lipinski definition) is 0. The molecular weight excluding hydrogens is 132 g/mol. The van der Waals surface area contributed by atoms with Crippen LogP contribution < -0.4 is 0 Å². The summed E-state index contributed by atoms with van der Waals surface area (Å²) in [7, 11) is 0. The quantitative estimate of drug-likeness (QED) is 0.501. The van der Waals surface area contributed by atoms with Crippen LogP contribution in [0.25, 0.3) is 0 Å². The second-order valence-electron chi connectivity index (χ2n) is 3.86. The first-order chi connectivity index (χ1) is 5.47. The average molecular weight is 148 g/mol. The van der Waals surface area contributed by atoms with Crippen LogP contribution in [0.1, 0.15) is 44.9 Å². The van der Waals surface area contributed by atoms with Gasteiger partial charge in [0.05, 0.1) is 0 Å². The SMILES string of the molecule is C1#CC(C2CCCC2)CCC1. The van der Waals surface area contributed by atoms with Crippen molar-refractivity contribution in [3.63, 3.8) is 0 Å². The topological polar surface area (TPSA) is 0 Å². The van der Waals surface area contributed by atoms with Gasteiger partial charge in [-0.2, -0.15) is 0 Å². The molecule has 0 aliphatic heterocycles. The lowest BCUT2D eigenvalue weighted by atomic mass is 9.85. The summed E-state index contributed by atoms with van der Waals surface area (Å²) in [5.74, 6) is 8.43. The van der Waals surface area contributed by atoms with Gasteiger partial charge in [0.2, 0.25) is 0 Å². The molecule has 0 radical (unpaired) electrons. The summed E-state index contributed by atoms with van der Waals surface area (Å²) in [6.45, 7) is 0. The third-order valence-corrected chi connectivity index (χ3v) is 3.07. The monoisotopic (exact) mass is 148 g/mol. The summed E-state index contributed by atoms with van der Waals surface area (Å²) < 4.78 is 0. The number of rotatable bonds is 1. The predicted molar refractivity (Wildman–Crippen MR) is 47.1 cm³/mol. The summed E-state index contributed by atoms with van der Waals surface area (Å²) in [5, 5.41) is 0. The molecule has 0 spiro atoms. The maximum Gasteiger partial charge on any atom is 0.0231 e. The van der Waals surface area contributed by atoms with Crippen LogP contribution in [-0.4, -0.2) is 0 Å². The molecule has 2 rings (SSSR count). The summed E-state index contributed by atoms with van der Waals surface area (Å²) >= 11 is 0. The van der Waals surface area contributed by atoms with Crippen LogP contribution in [0.15, 0.2) is 0 Å². The molecule has 1 saturated carbocycles. The molecule has 0 nitrogen and oxygen atoms in total. The molecule has 2 aliphatic rings. The lowest BCUT2D eigenvalue weighted by molar-refractivity contribution is 0.382. The second-order valence-corrected chi connectivity index (χ2v) is 3.86. The van der Waals surface area contributed by atoms with E-state index in [9.17, 15) is 0 Å². The fourth-order valence-electron chi connectivity index (χ4n) is 2.40. The average Bonchev–Trinajstić information content (AvgIpc) is 2.58. The highest BCUT2D eigenvalue weighted by atomic mass is 14.3. The van der Waals surface area contributed by atoms with Gasteiger partial charge in [-0.15, -0.1) is 5.92 Å². The molecule has 0 bridgehead atoms.